The van der Waals surface area contributed by atoms with Crippen molar-refractivity contribution in [1.82, 2.24) is 0 Å². The first kappa shape index (κ1) is 15.0. The van der Waals surface area contributed by atoms with Gasteiger partial charge in [0, 0.05) is 5.41 Å². The number of hydrogen-bond acceptors (Lipinski definition) is 3. The lowest BCUT2D eigenvalue weighted by Gasteiger charge is -2.37. The molecule has 0 spiro atoms. The van der Waals surface area contributed by atoms with Crippen LogP contribution in [0, 0.1) is 5.82 Å². The summed E-state index contributed by atoms with van der Waals surface area (Å²) in [5.74, 6) is -0.592. The maximum absolute atomic E-state index is 13.1. The van der Waals surface area contributed by atoms with Crippen molar-refractivity contribution in [2.24, 2.45) is 0 Å². The second-order valence-electron chi connectivity index (χ2n) is 5.42. The molecule has 20 heavy (non-hydrogen) atoms. The van der Waals surface area contributed by atoms with Crippen LogP contribution in [0.3, 0.4) is 0 Å². The molecule has 0 N–H and O–H groups in total. The van der Waals surface area contributed by atoms with Gasteiger partial charge in [-0.05, 0) is 30.5 Å². The minimum Gasteiger partial charge on any atom is -0.467 e. The van der Waals surface area contributed by atoms with E-state index in [0.717, 1.165) is 31.2 Å². The number of esters is 1. The Bertz CT molecular complexity index is 436. The molecule has 0 heterocycles. The second-order valence-corrected chi connectivity index (χ2v) is 5.42. The number of methoxy groups -OCH3 is 1. The van der Waals surface area contributed by atoms with Crippen molar-refractivity contribution >= 4 is 5.97 Å². The van der Waals surface area contributed by atoms with E-state index in [1.807, 2.05) is 12.1 Å². The van der Waals surface area contributed by atoms with E-state index in [2.05, 4.69) is 4.74 Å². The highest BCUT2D eigenvalue weighted by atomic mass is 19.1. The second kappa shape index (κ2) is 6.84. The number of benzene rings is 1. The first-order valence-corrected chi connectivity index (χ1v) is 7.07. The van der Waals surface area contributed by atoms with Gasteiger partial charge >= 0.3 is 5.97 Å². The largest absolute Gasteiger partial charge is 0.467 e. The van der Waals surface area contributed by atoms with Gasteiger partial charge in [0.15, 0.2) is 0 Å². The molecule has 3 nitrogen and oxygen atoms in total. The number of rotatable bonds is 5. The fraction of sp³-hybridized carbons (Fsp3) is 0.562. The summed E-state index contributed by atoms with van der Waals surface area (Å²) in [6, 6.07) is 6.66. The van der Waals surface area contributed by atoms with Crippen LogP contribution >= 0.6 is 0 Å². The highest BCUT2D eigenvalue weighted by Gasteiger charge is 2.34. The molecule has 1 saturated carbocycles. The average molecular weight is 280 g/mol. The van der Waals surface area contributed by atoms with Crippen molar-refractivity contribution in [2.75, 3.05) is 20.3 Å². The molecule has 1 aromatic rings. The van der Waals surface area contributed by atoms with Gasteiger partial charge in [0.1, 0.15) is 12.4 Å². The van der Waals surface area contributed by atoms with Gasteiger partial charge in [-0.15, -0.1) is 0 Å². The molecule has 0 aliphatic heterocycles. The molecule has 1 fully saturated rings. The Morgan fingerprint density at radius 1 is 1.20 bits per heavy atom. The number of halogens is 1. The first-order chi connectivity index (χ1) is 9.66. The van der Waals surface area contributed by atoms with Crippen LogP contribution in [-0.2, 0) is 19.7 Å². The quantitative estimate of drug-likeness (QED) is 0.777. The van der Waals surface area contributed by atoms with Gasteiger partial charge in [0.25, 0.3) is 0 Å². The molecule has 0 bridgehead atoms. The van der Waals surface area contributed by atoms with Crippen LogP contribution in [0.15, 0.2) is 24.3 Å². The van der Waals surface area contributed by atoms with Gasteiger partial charge in [0.2, 0.25) is 0 Å². The Hall–Kier alpha value is -1.42. The highest BCUT2D eigenvalue weighted by Crippen LogP contribution is 2.39. The molecule has 110 valence electrons. The summed E-state index contributed by atoms with van der Waals surface area (Å²) in [6.45, 7) is 0.452. The van der Waals surface area contributed by atoms with E-state index in [0.29, 0.717) is 6.61 Å². The summed E-state index contributed by atoms with van der Waals surface area (Å²) in [5, 5.41) is 0. The Labute approximate surface area is 119 Å². The van der Waals surface area contributed by atoms with Crippen molar-refractivity contribution in [3.63, 3.8) is 0 Å². The Morgan fingerprint density at radius 3 is 2.45 bits per heavy atom. The lowest BCUT2D eigenvalue weighted by molar-refractivity contribution is -0.146. The van der Waals surface area contributed by atoms with E-state index in [9.17, 15) is 9.18 Å². The van der Waals surface area contributed by atoms with Crippen LogP contribution in [0.1, 0.15) is 37.7 Å². The molecule has 0 atom stereocenters. The molecular weight excluding hydrogens is 259 g/mol. The Morgan fingerprint density at radius 2 is 1.85 bits per heavy atom. The first-order valence-electron chi connectivity index (χ1n) is 7.07. The smallest absolute Gasteiger partial charge is 0.331 e. The molecule has 0 amide bonds. The molecule has 0 unspecified atom stereocenters. The molecule has 4 heteroatoms. The molecule has 2 rings (SSSR count). The standard InChI is InChI=1S/C16H21FO3/c1-19-15(18)11-20-12-16(9-3-2-4-10-16)13-5-7-14(17)8-6-13/h5-8H,2-4,9-12H2,1H3. The Balaban J connectivity index is 2.09. The van der Waals surface area contributed by atoms with Gasteiger partial charge in [-0.25, -0.2) is 9.18 Å². The van der Waals surface area contributed by atoms with Gasteiger partial charge in [-0.2, -0.15) is 0 Å². The molecule has 1 aliphatic carbocycles. The molecule has 1 aliphatic rings. The Kier molecular flexibility index (Phi) is 5.12. The zero-order valence-corrected chi connectivity index (χ0v) is 11.9. The lowest BCUT2D eigenvalue weighted by Crippen LogP contribution is -2.35. The zero-order chi connectivity index (χ0) is 14.4. The third kappa shape index (κ3) is 3.57. The third-order valence-corrected chi connectivity index (χ3v) is 4.09. The van der Waals surface area contributed by atoms with Gasteiger partial charge in [-0.3, -0.25) is 0 Å². The van der Waals surface area contributed by atoms with Gasteiger partial charge < -0.3 is 9.47 Å². The number of carbonyl (C=O) groups is 1. The van der Waals surface area contributed by atoms with E-state index in [4.69, 9.17) is 4.74 Å². The SMILES string of the molecule is COC(=O)COCC1(c2ccc(F)cc2)CCCCC1. The lowest BCUT2D eigenvalue weighted by atomic mass is 9.70. The van der Waals surface area contributed by atoms with Crippen molar-refractivity contribution in [2.45, 2.75) is 37.5 Å². The maximum atomic E-state index is 13.1. The van der Waals surface area contributed by atoms with Crippen LogP contribution in [0.5, 0.6) is 0 Å². The molecule has 0 radical (unpaired) electrons. The normalized spacial score (nSPS) is 17.7. The molecule has 0 saturated heterocycles. The fourth-order valence-corrected chi connectivity index (χ4v) is 2.94. The third-order valence-electron chi connectivity index (χ3n) is 4.09. The van der Waals surface area contributed by atoms with Crippen molar-refractivity contribution < 1.29 is 18.7 Å². The van der Waals surface area contributed by atoms with Crippen LogP contribution in [-0.4, -0.2) is 26.3 Å². The minimum atomic E-state index is -0.366. The van der Waals surface area contributed by atoms with E-state index < -0.39 is 0 Å². The van der Waals surface area contributed by atoms with E-state index in [-0.39, 0.29) is 23.8 Å². The van der Waals surface area contributed by atoms with Crippen molar-refractivity contribution in [3.05, 3.63) is 35.6 Å². The van der Waals surface area contributed by atoms with Crippen LogP contribution in [0.4, 0.5) is 4.39 Å². The number of ether oxygens (including phenoxy) is 2. The van der Waals surface area contributed by atoms with E-state index in [1.54, 1.807) is 0 Å². The van der Waals surface area contributed by atoms with E-state index in [1.165, 1.54) is 25.7 Å². The predicted molar refractivity (Wildman–Crippen MR) is 74.0 cm³/mol. The minimum absolute atomic E-state index is 0.0283. The monoisotopic (exact) mass is 280 g/mol. The summed E-state index contributed by atoms with van der Waals surface area (Å²) in [5.41, 5.74) is 1.00. The highest BCUT2D eigenvalue weighted by molar-refractivity contribution is 5.70. The average Bonchev–Trinajstić information content (AvgIpc) is 2.48. The maximum Gasteiger partial charge on any atom is 0.331 e. The zero-order valence-electron chi connectivity index (χ0n) is 11.9. The molecule has 1 aromatic carbocycles. The predicted octanol–water partition coefficient (Wildman–Crippen LogP) is 3.22. The van der Waals surface area contributed by atoms with Gasteiger partial charge in [-0.1, -0.05) is 31.4 Å². The fourth-order valence-electron chi connectivity index (χ4n) is 2.94. The topological polar surface area (TPSA) is 35.5 Å². The van der Waals surface area contributed by atoms with Crippen molar-refractivity contribution in [1.29, 1.82) is 0 Å². The summed E-state index contributed by atoms with van der Waals surface area (Å²) in [7, 11) is 1.35. The van der Waals surface area contributed by atoms with Crippen LogP contribution in [0.2, 0.25) is 0 Å². The van der Waals surface area contributed by atoms with Crippen LogP contribution in [0.25, 0.3) is 0 Å². The summed E-state index contributed by atoms with van der Waals surface area (Å²) in [4.78, 5) is 11.1. The summed E-state index contributed by atoms with van der Waals surface area (Å²) >= 11 is 0. The molecule has 0 aromatic heterocycles. The van der Waals surface area contributed by atoms with Crippen molar-refractivity contribution in [3.8, 4) is 0 Å². The van der Waals surface area contributed by atoms with E-state index >= 15 is 0 Å². The number of hydrogen-bond donors (Lipinski definition) is 0. The van der Waals surface area contributed by atoms with Crippen LogP contribution < -0.4 is 0 Å². The van der Waals surface area contributed by atoms with Gasteiger partial charge in [0.05, 0.1) is 13.7 Å². The summed E-state index contributed by atoms with van der Waals surface area (Å²) in [6.07, 6.45) is 5.53. The number of carbonyl (C=O) groups excluding carboxylic acids is 1. The molecular formula is C16H21FO3. The summed E-state index contributed by atoms with van der Waals surface area (Å²) < 4.78 is 23.2.